The van der Waals surface area contributed by atoms with Crippen molar-refractivity contribution < 1.29 is 0 Å². The maximum atomic E-state index is 5.68. The van der Waals surface area contributed by atoms with Gasteiger partial charge in [0.2, 0.25) is 0 Å². The van der Waals surface area contributed by atoms with E-state index in [1.807, 2.05) is 18.2 Å². The number of hydrogen-bond donors (Lipinski definition) is 1. The third kappa shape index (κ3) is 3.39. The monoisotopic (exact) mass is 356 g/mol. The van der Waals surface area contributed by atoms with E-state index in [4.69, 9.17) is 12.2 Å². The summed E-state index contributed by atoms with van der Waals surface area (Å²) in [5.74, 6) is 0. The molecular formula is C23H20N2S. The minimum absolute atomic E-state index is 0.763. The Labute approximate surface area is 158 Å². The highest BCUT2D eigenvalue weighted by Crippen LogP contribution is 2.32. The van der Waals surface area contributed by atoms with Crippen LogP contribution in [0.2, 0.25) is 0 Å². The Morgan fingerprint density at radius 1 is 0.692 bits per heavy atom. The molecule has 0 aliphatic carbocycles. The maximum Gasteiger partial charge on any atom is 0.178 e. The molecule has 0 saturated heterocycles. The fourth-order valence-corrected chi connectivity index (χ4v) is 3.56. The van der Waals surface area contributed by atoms with Crippen molar-refractivity contribution in [2.75, 3.05) is 0 Å². The Bertz CT molecular complexity index is 1030. The van der Waals surface area contributed by atoms with Gasteiger partial charge in [0.25, 0.3) is 0 Å². The lowest BCUT2D eigenvalue weighted by molar-refractivity contribution is 0.693. The molecule has 0 unspecified atom stereocenters. The number of H-pyrrole nitrogens is 1. The molecule has 0 saturated carbocycles. The van der Waals surface area contributed by atoms with E-state index in [1.54, 1.807) is 0 Å². The molecule has 4 aromatic rings. The standard InChI is InChI=1S/C23H20N2S/c26-23-24-21(19-12-6-2-7-13-19)22(20-14-8-3-9-15-20)25(23)17-16-18-10-4-1-5-11-18/h1-15H,16-17H2,(H,24,26). The molecule has 0 aliphatic heterocycles. The Morgan fingerprint density at radius 2 is 1.23 bits per heavy atom. The second-order valence-electron chi connectivity index (χ2n) is 6.27. The van der Waals surface area contributed by atoms with Crippen LogP contribution in [0.15, 0.2) is 91.0 Å². The summed E-state index contributed by atoms with van der Waals surface area (Å²) in [6, 6.07) is 31.4. The van der Waals surface area contributed by atoms with Crippen LogP contribution in [0.3, 0.4) is 0 Å². The van der Waals surface area contributed by atoms with Gasteiger partial charge in [0.15, 0.2) is 4.77 Å². The van der Waals surface area contributed by atoms with E-state index < -0.39 is 0 Å². The molecule has 0 fully saturated rings. The molecular weight excluding hydrogens is 336 g/mol. The molecule has 3 aromatic carbocycles. The molecule has 1 N–H and O–H groups in total. The number of aryl methyl sites for hydroxylation is 1. The minimum Gasteiger partial charge on any atom is -0.330 e. The quantitative estimate of drug-likeness (QED) is 0.427. The third-order valence-corrected chi connectivity index (χ3v) is 4.88. The minimum atomic E-state index is 0.763. The highest BCUT2D eigenvalue weighted by Gasteiger charge is 2.15. The van der Waals surface area contributed by atoms with E-state index in [2.05, 4.69) is 82.3 Å². The molecule has 2 nitrogen and oxygen atoms in total. The normalized spacial score (nSPS) is 10.8. The van der Waals surface area contributed by atoms with Gasteiger partial charge in [0.1, 0.15) is 0 Å². The van der Waals surface area contributed by atoms with Crippen LogP contribution < -0.4 is 0 Å². The number of aromatic nitrogens is 2. The van der Waals surface area contributed by atoms with Crippen LogP contribution >= 0.6 is 12.2 Å². The molecule has 0 atom stereocenters. The Morgan fingerprint density at radius 3 is 1.85 bits per heavy atom. The summed E-state index contributed by atoms with van der Waals surface area (Å²) in [6.45, 7) is 0.844. The Kier molecular flexibility index (Phi) is 4.80. The van der Waals surface area contributed by atoms with E-state index in [9.17, 15) is 0 Å². The van der Waals surface area contributed by atoms with Crippen molar-refractivity contribution in [1.82, 2.24) is 9.55 Å². The predicted molar refractivity (Wildman–Crippen MR) is 111 cm³/mol. The summed E-state index contributed by atoms with van der Waals surface area (Å²) >= 11 is 5.68. The summed E-state index contributed by atoms with van der Waals surface area (Å²) in [5, 5.41) is 0. The van der Waals surface area contributed by atoms with Crippen LogP contribution in [0.4, 0.5) is 0 Å². The van der Waals surface area contributed by atoms with Gasteiger partial charge < -0.3 is 9.55 Å². The van der Waals surface area contributed by atoms with Crippen molar-refractivity contribution in [1.29, 1.82) is 0 Å². The number of aromatic amines is 1. The lowest BCUT2D eigenvalue weighted by Gasteiger charge is -2.11. The van der Waals surface area contributed by atoms with Crippen LogP contribution in [0.25, 0.3) is 22.5 Å². The van der Waals surface area contributed by atoms with Gasteiger partial charge in [0, 0.05) is 17.7 Å². The van der Waals surface area contributed by atoms with Gasteiger partial charge in [-0.3, -0.25) is 0 Å². The van der Waals surface area contributed by atoms with Gasteiger partial charge in [-0.25, -0.2) is 0 Å². The summed E-state index contributed by atoms with van der Waals surface area (Å²) in [4.78, 5) is 3.44. The third-order valence-electron chi connectivity index (χ3n) is 4.56. The topological polar surface area (TPSA) is 20.7 Å². The zero-order valence-corrected chi connectivity index (χ0v) is 15.2. The Hall–Kier alpha value is -2.91. The molecule has 128 valence electrons. The fraction of sp³-hybridized carbons (Fsp3) is 0.0870. The predicted octanol–water partition coefficient (Wildman–Crippen LogP) is 6.12. The van der Waals surface area contributed by atoms with Crippen LogP contribution in [-0.4, -0.2) is 9.55 Å². The molecule has 0 aliphatic rings. The first kappa shape index (κ1) is 16.6. The number of nitrogens with zero attached hydrogens (tertiary/aromatic N) is 1. The molecule has 1 heterocycles. The highest BCUT2D eigenvalue weighted by atomic mass is 32.1. The van der Waals surface area contributed by atoms with Crippen LogP contribution in [-0.2, 0) is 13.0 Å². The van der Waals surface area contributed by atoms with Gasteiger partial charge >= 0.3 is 0 Å². The maximum absolute atomic E-state index is 5.68. The van der Waals surface area contributed by atoms with Crippen molar-refractivity contribution in [2.45, 2.75) is 13.0 Å². The summed E-state index contributed by atoms with van der Waals surface area (Å²) in [5.41, 5.74) is 5.87. The smallest absolute Gasteiger partial charge is 0.178 e. The van der Waals surface area contributed by atoms with Crippen LogP contribution in [0.1, 0.15) is 5.56 Å². The number of nitrogens with one attached hydrogen (secondary N) is 1. The Balaban J connectivity index is 1.80. The lowest BCUT2D eigenvalue weighted by Crippen LogP contribution is -2.03. The molecule has 0 amide bonds. The fourth-order valence-electron chi connectivity index (χ4n) is 3.28. The lowest BCUT2D eigenvalue weighted by atomic mass is 10.0. The van der Waals surface area contributed by atoms with Crippen LogP contribution in [0.5, 0.6) is 0 Å². The summed E-state index contributed by atoms with van der Waals surface area (Å²) in [6.07, 6.45) is 0.945. The first-order valence-electron chi connectivity index (χ1n) is 8.80. The van der Waals surface area contributed by atoms with Crippen molar-refractivity contribution in [3.8, 4) is 22.5 Å². The van der Waals surface area contributed by atoms with Gasteiger partial charge in [0.05, 0.1) is 11.4 Å². The first-order valence-corrected chi connectivity index (χ1v) is 9.21. The zero-order valence-electron chi connectivity index (χ0n) is 14.4. The second kappa shape index (κ2) is 7.54. The molecule has 4 rings (SSSR count). The average Bonchev–Trinajstić information content (AvgIpc) is 3.05. The average molecular weight is 356 g/mol. The van der Waals surface area contributed by atoms with Gasteiger partial charge in [-0.1, -0.05) is 91.0 Å². The number of benzene rings is 3. The largest absolute Gasteiger partial charge is 0.330 e. The van der Waals surface area contributed by atoms with Crippen molar-refractivity contribution in [3.63, 3.8) is 0 Å². The van der Waals surface area contributed by atoms with Crippen molar-refractivity contribution in [3.05, 3.63) is 101 Å². The van der Waals surface area contributed by atoms with E-state index in [1.165, 1.54) is 11.1 Å². The molecule has 26 heavy (non-hydrogen) atoms. The van der Waals surface area contributed by atoms with Gasteiger partial charge in [-0.2, -0.15) is 0 Å². The molecule has 0 radical (unpaired) electrons. The molecule has 1 aromatic heterocycles. The van der Waals surface area contributed by atoms with E-state index >= 15 is 0 Å². The highest BCUT2D eigenvalue weighted by molar-refractivity contribution is 7.71. The zero-order chi connectivity index (χ0) is 17.8. The summed E-state index contributed by atoms with van der Waals surface area (Å²) < 4.78 is 2.98. The van der Waals surface area contributed by atoms with Crippen LogP contribution in [0, 0.1) is 4.77 Å². The van der Waals surface area contributed by atoms with E-state index in [-0.39, 0.29) is 0 Å². The first-order chi connectivity index (χ1) is 12.8. The second-order valence-corrected chi connectivity index (χ2v) is 6.66. The number of imidazole rings is 1. The van der Waals surface area contributed by atoms with Crippen molar-refractivity contribution >= 4 is 12.2 Å². The van der Waals surface area contributed by atoms with Gasteiger partial charge in [-0.05, 0) is 24.2 Å². The van der Waals surface area contributed by atoms with E-state index in [0.29, 0.717) is 0 Å². The summed E-state index contributed by atoms with van der Waals surface area (Å²) in [7, 11) is 0. The molecule has 0 spiro atoms. The van der Waals surface area contributed by atoms with Gasteiger partial charge in [-0.15, -0.1) is 0 Å². The van der Waals surface area contributed by atoms with E-state index in [0.717, 1.165) is 34.7 Å². The number of rotatable bonds is 5. The molecule has 0 bridgehead atoms. The number of hydrogen-bond acceptors (Lipinski definition) is 1. The SMILES string of the molecule is S=c1[nH]c(-c2ccccc2)c(-c2ccccc2)n1CCc1ccccc1. The van der Waals surface area contributed by atoms with Crippen molar-refractivity contribution in [2.24, 2.45) is 0 Å². The molecule has 3 heteroatoms.